The van der Waals surface area contributed by atoms with Crippen LogP contribution in [0.2, 0.25) is 0 Å². The molecule has 0 spiro atoms. The summed E-state index contributed by atoms with van der Waals surface area (Å²) < 4.78 is 0. The Morgan fingerprint density at radius 1 is 0.900 bits per heavy atom. The van der Waals surface area contributed by atoms with Crippen LogP contribution in [-0.4, -0.2) is 9.97 Å². The Balaban J connectivity index is 2.62. The van der Waals surface area contributed by atoms with Crippen molar-refractivity contribution in [3.63, 3.8) is 0 Å². The molecule has 0 radical (unpaired) electrons. The van der Waals surface area contributed by atoms with Gasteiger partial charge >= 0.3 is 0 Å². The summed E-state index contributed by atoms with van der Waals surface area (Å²) in [6.45, 7) is 6.87. The minimum absolute atomic E-state index is 0.204. The maximum absolute atomic E-state index is 5.60. The molecule has 1 aromatic heterocycles. The summed E-state index contributed by atoms with van der Waals surface area (Å²) in [5.74, 6) is 0.370. The zero-order valence-corrected chi connectivity index (χ0v) is 13.5. The van der Waals surface area contributed by atoms with E-state index in [9.17, 15) is 0 Å². The van der Waals surface area contributed by atoms with E-state index in [2.05, 4.69) is 30.7 Å². The van der Waals surface area contributed by atoms with Crippen molar-refractivity contribution in [1.29, 1.82) is 0 Å². The van der Waals surface area contributed by atoms with Crippen LogP contribution in [0.4, 0.5) is 5.95 Å². The largest absolute Gasteiger partial charge is 0.368 e. The maximum atomic E-state index is 5.60. The summed E-state index contributed by atoms with van der Waals surface area (Å²) in [4.78, 5) is 8.36. The molecule has 1 aromatic rings. The number of nitrogens with two attached hydrogens (primary N) is 1. The molecule has 1 heterocycles. The van der Waals surface area contributed by atoms with Crippen molar-refractivity contribution in [3.8, 4) is 0 Å². The summed E-state index contributed by atoms with van der Waals surface area (Å²) in [5, 5.41) is 0. The normalized spacial score (nSPS) is 14.2. The zero-order chi connectivity index (χ0) is 14.8. The molecule has 0 saturated carbocycles. The number of hydrogen-bond acceptors (Lipinski definition) is 3. The smallest absolute Gasteiger partial charge is 0.219 e. The van der Waals surface area contributed by atoms with Crippen LogP contribution in [0.15, 0.2) is 12.4 Å². The molecule has 3 heteroatoms. The summed E-state index contributed by atoms with van der Waals surface area (Å²) in [6.07, 6.45) is 15.4. The number of hydrogen-bond donors (Lipinski definition) is 1. The predicted molar refractivity (Wildman–Crippen MR) is 86.7 cm³/mol. The Kier molecular flexibility index (Phi) is 7.56. The van der Waals surface area contributed by atoms with Crippen LogP contribution in [0.25, 0.3) is 0 Å². The van der Waals surface area contributed by atoms with E-state index in [-0.39, 0.29) is 5.41 Å². The average molecular weight is 277 g/mol. The van der Waals surface area contributed by atoms with Gasteiger partial charge in [-0.15, -0.1) is 0 Å². The van der Waals surface area contributed by atoms with Gasteiger partial charge in [0.05, 0.1) is 0 Å². The molecule has 0 aromatic carbocycles. The van der Waals surface area contributed by atoms with Crippen molar-refractivity contribution in [2.24, 2.45) is 0 Å². The maximum Gasteiger partial charge on any atom is 0.219 e. The molecule has 0 aliphatic heterocycles. The lowest BCUT2D eigenvalue weighted by molar-refractivity contribution is 0.366. The first-order valence-electron chi connectivity index (χ1n) is 8.20. The third-order valence-electron chi connectivity index (χ3n) is 4.28. The molecular weight excluding hydrogens is 246 g/mol. The second kappa shape index (κ2) is 8.93. The molecule has 1 unspecified atom stereocenters. The van der Waals surface area contributed by atoms with Gasteiger partial charge in [0.1, 0.15) is 0 Å². The first-order chi connectivity index (χ1) is 9.62. The second-order valence-electron chi connectivity index (χ2n) is 6.16. The van der Waals surface area contributed by atoms with Crippen molar-refractivity contribution in [2.75, 3.05) is 5.73 Å². The number of rotatable bonds is 10. The monoisotopic (exact) mass is 277 g/mol. The number of nitrogens with zero attached hydrogens (tertiary/aromatic N) is 2. The van der Waals surface area contributed by atoms with Crippen LogP contribution >= 0.6 is 0 Å². The van der Waals surface area contributed by atoms with E-state index in [0.29, 0.717) is 5.95 Å². The van der Waals surface area contributed by atoms with Gasteiger partial charge in [0.15, 0.2) is 0 Å². The van der Waals surface area contributed by atoms with Crippen LogP contribution in [0.3, 0.4) is 0 Å². The van der Waals surface area contributed by atoms with Gasteiger partial charge in [0.2, 0.25) is 5.95 Å². The number of nitrogen functional groups attached to an aromatic ring is 1. The fraction of sp³-hybridized carbons (Fsp3) is 0.765. The quantitative estimate of drug-likeness (QED) is 0.621. The highest BCUT2D eigenvalue weighted by Crippen LogP contribution is 2.34. The fourth-order valence-electron chi connectivity index (χ4n) is 2.75. The van der Waals surface area contributed by atoms with E-state index in [1.165, 1.54) is 63.4 Å². The minimum atomic E-state index is 0.204. The van der Waals surface area contributed by atoms with Crippen LogP contribution in [0.5, 0.6) is 0 Å². The van der Waals surface area contributed by atoms with Gasteiger partial charge < -0.3 is 5.73 Å². The lowest BCUT2D eigenvalue weighted by Crippen LogP contribution is -2.23. The molecule has 1 rings (SSSR count). The van der Waals surface area contributed by atoms with Gasteiger partial charge in [-0.3, -0.25) is 0 Å². The van der Waals surface area contributed by atoms with Crippen LogP contribution in [0, 0.1) is 0 Å². The second-order valence-corrected chi connectivity index (χ2v) is 6.16. The van der Waals surface area contributed by atoms with Crippen molar-refractivity contribution >= 4 is 5.95 Å². The third kappa shape index (κ3) is 5.48. The van der Waals surface area contributed by atoms with Crippen LogP contribution in [0.1, 0.15) is 84.1 Å². The molecule has 0 saturated heterocycles. The molecule has 114 valence electrons. The molecule has 0 amide bonds. The van der Waals surface area contributed by atoms with Crippen LogP contribution < -0.4 is 5.73 Å². The standard InChI is InChI=1S/C17H31N3/c1-4-6-8-9-10-12-17(3,11-7-5-2)15-13-19-16(18)20-14-15/h13-14H,4-12H2,1-3H3,(H2,18,19,20). The molecular formula is C17H31N3. The summed E-state index contributed by atoms with van der Waals surface area (Å²) in [6, 6.07) is 0. The van der Waals surface area contributed by atoms with Crippen molar-refractivity contribution in [1.82, 2.24) is 9.97 Å². The number of unbranched alkanes of at least 4 members (excludes halogenated alkanes) is 5. The van der Waals surface area contributed by atoms with Gasteiger partial charge in [-0.05, 0) is 23.8 Å². The minimum Gasteiger partial charge on any atom is -0.368 e. The van der Waals surface area contributed by atoms with Crippen LogP contribution in [-0.2, 0) is 5.41 Å². The van der Waals surface area contributed by atoms with E-state index < -0.39 is 0 Å². The molecule has 2 N–H and O–H groups in total. The first kappa shape index (κ1) is 16.9. The Hall–Kier alpha value is -1.12. The van der Waals surface area contributed by atoms with Crippen molar-refractivity contribution < 1.29 is 0 Å². The summed E-state index contributed by atoms with van der Waals surface area (Å²) in [7, 11) is 0. The number of aromatic nitrogens is 2. The molecule has 20 heavy (non-hydrogen) atoms. The molecule has 0 aliphatic rings. The third-order valence-corrected chi connectivity index (χ3v) is 4.28. The molecule has 3 nitrogen and oxygen atoms in total. The van der Waals surface area contributed by atoms with Gasteiger partial charge in [-0.2, -0.15) is 0 Å². The highest BCUT2D eigenvalue weighted by molar-refractivity contribution is 5.23. The number of anilines is 1. The SMILES string of the molecule is CCCCCCCC(C)(CCCC)c1cnc(N)nc1. The fourth-order valence-corrected chi connectivity index (χ4v) is 2.75. The topological polar surface area (TPSA) is 51.8 Å². The highest BCUT2D eigenvalue weighted by Gasteiger charge is 2.26. The van der Waals surface area contributed by atoms with Gasteiger partial charge in [-0.25, -0.2) is 9.97 Å². The lowest BCUT2D eigenvalue weighted by atomic mass is 9.75. The van der Waals surface area contributed by atoms with E-state index >= 15 is 0 Å². The van der Waals surface area contributed by atoms with E-state index in [0.717, 1.165) is 0 Å². The molecule has 1 atom stereocenters. The molecule has 0 fully saturated rings. The van der Waals surface area contributed by atoms with E-state index in [1.54, 1.807) is 0 Å². The summed E-state index contributed by atoms with van der Waals surface area (Å²) >= 11 is 0. The zero-order valence-electron chi connectivity index (χ0n) is 13.5. The molecule has 0 bridgehead atoms. The van der Waals surface area contributed by atoms with Crippen molar-refractivity contribution in [2.45, 2.75) is 84.0 Å². The van der Waals surface area contributed by atoms with E-state index in [1.807, 2.05) is 12.4 Å². The Bertz CT molecular complexity index is 361. The Labute approximate surface area is 124 Å². The summed E-state index contributed by atoms with van der Waals surface area (Å²) in [5.41, 5.74) is 7.05. The highest BCUT2D eigenvalue weighted by atomic mass is 15.0. The lowest BCUT2D eigenvalue weighted by Gasteiger charge is -2.30. The predicted octanol–water partition coefficient (Wildman–Crippen LogP) is 4.87. The Morgan fingerprint density at radius 3 is 2.05 bits per heavy atom. The van der Waals surface area contributed by atoms with E-state index in [4.69, 9.17) is 5.73 Å². The van der Waals surface area contributed by atoms with Gasteiger partial charge in [0.25, 0.3) is 0 Å². The van der Waals surface area contributed by atoms with Gasteiger partial charge in [-0.1, -0.05) is 65.7 Å². The average Bonchev–Trinajstić information content (AvgIpc) is 2.45. The van der Waals surface area contributed by atoms with Crippen molar-refractivity contribution in [3.05, 3.63) is 18.0 Å². The van der Waals surface area contributed by atoms with Gasteiger partial charge in [0, 0.05) is 12.4 Å². The molecule has 0 aliphatic carbocycles. The first-order valence-corrected chi connectivity index (χ1v) is 8.20. The Morgan fingerprint density at radius 2 is 1.45 bits per heavy atom.